The standard InChI is InChI=1S/C15H26O4.Na/c1-2-15(18)19-13-11-9-7-5-3-4-6-8-10-12-14(16)17;/h2H,1,3-13H2,(H,16,17);/q;+1/p-1. The van der Waals surface area contributed by atoms with E-state index in [0.717, 1.165) is 38.5 Å². The predicted molar refractivity (Wildman–Crippen MR) is 72.3 cm³/mol. The molecule has 110 valence electrons. The smallest absolute Gasteiger partial charge is 0.550 e. The van der Waals surface area contributed by atoms with E-state index in [2.05, 4.69) is 6.58 Å². The minimum atomic E-state index is -0.947. The van der Waals surface area contributed by atoms with Crippen LogP contribution < -0.4 is 34.7 Å². The molecule has 0 radical (unpaired) electrons. The molecule has 0 fully saturated rings. The van der Waals surface area contributed by atoms with Gasteiger partial charge < -0.3 is 14.6 Å². The Hall–Kier alpha value is -0.320. The van der Waals surface area contributed by atoms with Gasteiger partial charge in [-0.15, -0.1) is 0 Å². The molecule has 20 heavy (non-hydrogen) atoms. The van der Waals surface area contributed by atoms with Crippen molar-refractivity contribution < 1.29 is 49.0 Å². The number of esters is 1. The number of aliphatic carboxylic acids is 1. The quantitative estimate of drug-likeness (QED) is 0.196. The van der Waals surface area contributed by atoms with E-state index in [-0.39, 0.29) is 41.9 Å². The van der Waals surface area contributed by atoms with Crippen LogP contribution in [0.4, 0.5) is 0 Å². The molecule has 4 nitrogen and oxygen atoms in total. The fraction of sp³-hybridized carbons (Fsp3) is 0.733. The van der Waals surface area contributed by atoms with Gasteiger partial charge in [0.05, 0.1) is 6.61 Å². The summed E-state index contributed by atoms with van der Waals surface area (Å²) in [5.41, 5.74) is 0. The van der Waals surface area contributed by atoms with E-state index < -0.39 is 5.97 Å². The monoisotopic (exact) mass is 292 g/mol. The van der Waals surface area contributed by atoms with Gasteiger partial charge >= 0.3 is 35.5 Å². The number of carboxylic acid groups (broad SMARTS) is 1. The van der Waals surface area contributed by atoms with E-state index in [1.807, 2.05) is 0 Å². The van der Waals surface area contributed by atoms with Gasteiger partial charge in [0.1, 0.15) is 0 Å². The first-order chi connectivity index (χ1) is 9.16. The Labute approximate surface area is 144 Å². The number of carbonyl (C=O) groups is 2. The summed E-state index contributed by atoms with van der Waals surface area (Å²) in [7, 11) is 0. The molecular formula is C15H25NaO4. The van der Waals surface area contributed by atoms with Crippen LogP contribution in [0.2, 0.25) is 0 Å². The molecule has 0 spiro atoms. The SMILES string of the molecule is C=CC(=O)OCCCCCCCCCCCC(=O)[O-].[Na+]. The van der Waals surface area contributed by atoms with Gasteiger partial charge in [0.25, 0.3) is 0 Å². The van der Waals surface area contributed by atoms with Crippen molar-refractivity contribution in [3.63, 3.8) is 0 Å². The molecule has 0 aliphatic rings. The molecular weight excluding hydrogens is 267 g/mol. The van der Waals surface area contributed by atoms with Gasteiger partial charge in [0.15, 0.2) is 0 Å². The molecule has 0 aromatic heterocycles. The zero-order valence-electron chi connectivity index (χ0n) is 12.7. The number of ether oxygens (including phenoxy) is 1. The van der Waals surface area contributed by atoms with Crippen molar-refractivity contribution in [3.8, 4) is 0 Å². The minimum absolute atomic E-state index is 0. The molecule has 0 N–H and O–H groups in total. The molecule has 0 aliphatic carbocycles. The Bertz CT molecular complexity index is 267. The molecule has 0 atom stereocenters. The number of hydrogen-bond donors (Lipinski definition) is 0. The van der Waals surface area contributed by atoms with E-state index >= 15 is 0 Å². The molecule has 0 saturated heterocycles. The van der Waals surface area contributed by atoms with Crippen molar-refractivity contribution in [2.45, 2.75) is 64.2 Å². The summed E-state index contributed by atoms with van der Waals surface area (Å²) >= 11 is 0. The van der Waals surface area contributed by atoms with Gasteiger partial charge in [0.2, 0.25) is 0 Å². The molecule has 0 aromatic rings. The van der Waals surface area contributed by atoms with Crippen molar-refractivity contribution >= 4 is 11.9 Å². The summed E-state index contributed by atoms with van der Waals surface area (Å²) in [5, 5.41) is 10.2. The Morgan fingerprint density at radius 3 is 1.80 bits per heavy atom. The van der Waals surface area contributed by atoms with Crippen molar-refractivity contribution in [1.82, 2.24) is 0 Å². The topological polar surface area (TPSA) is 66.4 Å². The zero-order valence-corrected chi connectivity index (χ0v) is 14.7. The number of rotatable bonds is 13. The number of unbranched alkanes of at least 4 members (excludes halogenated alkanes) is 8. The Morgan fingerprint density at radius 2 is 1.35 bits per heavy atom. The molecule has 0 unspecified atom stereocenters. The van der Waals surface area contributed by atoms with Gasteiger partial charge in [-0.3, -0.25) is 0 Å². The molecule has 0 saturated carbocycles. The van der Waals surface area contributed by atoms with Crippen LogP contribution in [0.3, 0.4) is 0 Å². The molecule has 0 bridgehead atoms. The van der Waals surface area contributed by atoms with Crippen molar-refractivity contribution in [1.29, 1.82) is 0 Å². The third-order valence-corrected chi connectivity index (χ3v) is 2.94. The minimum Gasteiger partial charge on any atom is -0.550 e. The van der Waals surface area contributed by atoms with Gasteiger partial charge in [-0.1, -0.05) is 51.5 Å². The van der Waals surface area contributed by atoms with Crippen LogP contribution in [0.15, 0.2) is 12.7 Å². The summed E-state index contributed by atoms with van der Waals surface area (Å²) in [6.07, 6.45) is 10.9. The van der Waals surface area contributed by atoms with Crippen molar-refractivity contribution in [2.24, 2.45) is 0 Å². The van der Waals surface area contributed by atoms with Crippen molar-refractivity contribution in [2.75, 3.05) is 6.61 Å². The molecule has 5 heteroatoms. The number of hydrogen-bond acceptors (Lipinski definition) is 4. The Balaban J connectivity index is 0. The molecule has 0 amide bonds. The molecule has 0 aromatic carbocycles. The third-order valence-electron chi connectivity index (χ3n) is 2.94. The van der Waals surface area contributed by atoms with Crippen LogP contribution >= 0.6 is 0 Å². The largest absolute Gasteiger partial charge is 1.00 e. The van der Waals surface area contributed by atoms with Crippen LogP contribution in [0.5, 0.6) is 0 Å². The second-order valence-corrected chi connectivity index (χ2v) is 4.68. The maximum atomic E-state index is 10.7. The van der Waals surface area contributed by atoms with Crippen molar-refractivity contribution in [3.05, 3.63) is 12.7 Å². The maximum absolute atomic E-state index is 10.7. The van der Waals surface area contributed by atoms with Crippen LogP contribution in [-0.2, 0) is 14.3 Å². The number of carboxylic acids is 1. The fourth-order valence-corrected chi connectivity index (χ4v) is 1.84. The summed E-state index contributed by atoms with van der Waals surface area (Å²) in [5.74, 6) is -1.30. The molecule has 0 rings (SSSR count). The second kappa shape index (κ2) is 16.7. The molecule has 0 heterocycles. The average Bonchev–Trinajstić information content (AvgIpc) is 2.39. The van der Waals surface area contributed by atoms with E-state index in [9.17, 15) is 14.7 Å². The van der Waals surface area contributed by atoms with Crippen LogP contribution in [0, 0.1) is 0 Å². The Morgan fingerprint density at radius 1 is 0.900 bits per heavy atom. The first kappa shape index (κ1) is 22.0. The second-order valence-electron chi connectivity index (χ2n) is 4.68. The third kappa shape index (κ3) is 17.7. The van der Waals surface area contributed by atoms with Crippen LogP contribution in [0.1, 0.15) is 64.2 Å². The van der Waals surface area contributed by atoms with Crippen LogP contribution in [0.25, 0.3) is 0 Å². The Kier molecular flexibility index (Phi) is 18.4. The van der Waals surface area contributed by atoms with Gasteiger partial charge in [-0.2, -0.15) is 0 Å². The molecule has 0 aliphatic heterocycles. The normalized spacial score (nSPS) is 9.60. The fourth-order valence-electron chi connectivity index (χ4n) is 1.84. The van der Waals surface area contributed by atoms with E-state index in [0.29, 0.717) is 6.61 Å². The number of carbonyl (C=O) groups excluding carboxylic acids is 2. The van der Waals surface area contributed by atoms with Crippen LogP contribution in [-0.4, -0.2) is 18.5 Å². The zero-order chi connectivity index (χ0) is 14.3. The summed E-state index contributed by atoms with van der Waals surface area (Å²) in [6.45, 7) is 3.81. The summed E-state index contributed by atoms with van der Waals surface area (Å²) in [4.78, 5) is 20.9. The average molecular weight is 292 g/mol. The van der Waals surface area contributed by atoms with E-state index in [1.54, 1.807) is 0 Å². The van der Waals surface area contributed by atoms with E-state index in [4.69, 9.17) is 4.74 Å². The van der Waals surface area contributed by atoms with E-state index in [1.165, 1.54) is 25.3 Å². The first-order valence-corrected chi connectivity index (χ1v) is 7.16. The van der Waals surface area contributed by atoms with Gasteiger partial charge in [-0.25, -0.2) is 4.79 Å². The first-order valence-electron chi connectivity index (χ1n) is 7.16. The maximum Gasteiger partial charge on any atom is 1.00 e. The predicted octanol–water partition coefficient (Wildman–Crippen LogP) is -0.629. The summed E-state index contributed by atoms with van der Waals surface area (Å²) < 4.78 is 4.87. The van der Waals surface area contributed by atoms with Gasteiger partial charge in [-0.05, 0) is 19.3 Å². The summed E-state index contributed by atoms with van der Waals surface area (Å²) in [6, 6.07) is 0. The van der Waals surface area contributed by atoms with Gasteiger partial charge in [0, 0.05) is 12.0 Å².